The first kappa shape index (κ1) is 34.3. The summed E-state index contributed by atoms with van der Waals surface area (Å²) in [6, 6.07) is 27.7. The predicted molar refractivity (Wildman–Crippen MR) is 195 cm³/mol. The minimum atomic E-state index is -4.60. The lowest BCUT2D eigenvalue weighted by atomic mass is 9.98. The fraction of sp³-hybridized carbons (Fsp3) is 0.111. The molecule has 6 rings (SSSR count). The molecule has 6 N–H and O–H groups in total. The van der Waals surface area contributed by atoms with Crippen LogP contribution in [-0.4, -0.2) is 25.9 Å². The second-order valence-electron chi connectivity index (χ2n) is 11.5. The molecule has 0 aliphatic carbocycles. The quantitative estimate of drug-likeness (QED) is 0.0644. The third-order valence-corrected chi connectivity index (χ3v) is 10.2. The lowest BCUT2D eigenvalue weighted by Crippen LogP contribution is -2.03. The van der Waals surface area contributed by atoms with Gasteiger partial charge in [0.1, 0.15) is 9.79 Å². The molecule has 12 nitrogen and oxygen atoms in total. The normalized spacial score (nSPS) is 12.5. The van der Waals surface area contributed by atoms with Gasteiger partial charge in [0.2, 0.25) is 0 Å². The number of hydrogen-bond donors (Lipinski definition) is 4. The van der Waals surface area contributed by atoms with Crippen LogP contribution in [0.1, 0.15) is 25.0 Å². The first-order valence-electron chi connectivity index (χ1n) is 15.5. The predicted octanol–water partition coefficient (Wildman–Crippen LogP) is 9.27. The van der Waals surface area contributed by atoms with Crippen molar-refractivity contribution >= 4 is 75.9 Å². The molecule has 0 aliphatic heterocycles. The molecule has 14 heteroatoms. The number of benzene rings is 6. The Labute approximate surface area is 288 Å². The lowest BCUT2D eigenvalue weighted by molar-refractivity contribution is 0.481. The van der Waals surface area contributed by atoms with E-state index in [0.717, 1.165) is 22.3 Å². The Morgan fingerprint density at radius 3 is 1.18 bits per heavy atom. The lowest BCUT2D eigenvalue weighted by Gasteiger charge is -2.11. The highest BCUT2D eigenvalue weighted by Crippen LogP contribution is 2.39. The van der Waals surface area contributed by atoms with Gasteiger partial charge in [0, 0.05) is 21.5 Å². The summed E-state index contributed by atoms with van der Waals surface area (Å²) in [5, 5.41) is 19.7. The summed E-state index contributed by atoms with van der Waals surface area (Å²) in [4.78, 5) is -0.869. The molecule has 0 amide bonds. The maximum Gasteiger partial charge on any atom is 0.296 e. The highest BCUT2D eigenvalue weighted by molar-refractivity contribution is 7.86. The Bertz CT molecular complexity index is 2420. The van der Waals surface area contributed by atoms with Crippen LogP contribution in [0.3, 0.4) is 0 Å². The number of azo groups is 2. The van der Waals surface area contributed by atoms with Crippen LogP contribution in [0.25, 0.3) is 32.7 Å². The minimum absolute atomic E-state index is 0.0652. The molecule has 0 heterocycles. The monoisotopic (exact) mass is 708 g/mol. The largest absolute Gasteiger partial charge is 0.397 e. The highest BCUT2D eigenvalue weighted by atomic mass is 32.2. The van der Waals surface area contributed by atoms with E-state index in [1.807, 2.05) is 50.2 Å². The molecule has 50 heavy (non-hydrogen) atoms. The van der Waals surface area contributed by atoms with Crippen LogP contribution >= 0.6 is 0 Å². The van der Waals surface area contributed by atoms with Gasteiger partial charge < -0.3 is 11.5 Å². The van der Waals surface area contributed by atoms with Gasteiger partial charge in [-0.3, -0.25) is 9.11 Å². The second-order valence-corrected chi connectivity index (χ2v) is 14.2. The van der Waals surface area contributed by atoms with Gasteiger partial charge in [0.05, 0.1) is 34.1 Å². The summed E-state index contributed by atoms with van der Waals surface area (Å²) in [6.07, 6.45) is 1.27. The highest BCUT2D eigenvalue weighted by Gasteiger charge is 2.20. The van der Waals surface area contributed by atoms with Crippen molar-refractivity contribution < 1.29 is 25.9 Å². The Kier molecular flexibility index (Phi) is 9.20. The van der Waals surface area contributed by atoms with Gasteiger partial charge in [-0.25, -0.2) is 0 Å². The summed E-state index contributed by atoms with van der Waals surface area (Å²) in [7, 11) is -9.20. The van der Waals surface area contributed by atoms with E-state index in [4.69, 9.17) is 11.5 Å². The standard InChI is InChI=1S/C36H32N6O6S2/c1-3-21-17-23(13-15-29(21)39-41-31-19-33(49(43,44)45)35(37)27-11-7-5-9-25(27)31)24-14-16-30(22(4-2)18-24)40-42-32-20-34(50(46,47)48)36(38)28-12-8-6-10-26(28)32/h5-20H,3-4,37-38H2,1-2H3,(H,43,44,45)(H,46,47,48). The molecule has 0 aliphatic rings. The third-order valence-electron chi connectivity index (χ3n) is 8.39. The van der Waals surface area contributed by atoms with Crippen molar-refractivity contribution in [3.63, 3.8) is 0 Å². The molecule has 0 bridgehead atoms. The number of nitrogens with two attached hydrogens (primary N) is 2. The maximum absolute atomic E-state index is 12.0. The summed E-state index contributed by atoms with van der Waals surface area (Å²) >= 11 is 0. The fourth-order valence-electron chi connectivity index (χ4n) is 5.81. The molecule has 0 radical (unpaired) electrons. The van der Waals surface area contributed by atoms with Gasteiger partial charge in [0.25, 0.3) is 20.2 Å². The van der Waals surface area contributed by atoms with Crippen LogP contribution < -0.4 is 11.5 Å². The van der Waals surface area contributed by atoms with Crippen molar-refractivity contribution in [1.29, 1.82) is 0 Å². The number of nitrogen functional groups attached to an aromatic ring is 2. The van der Waals surface area contributed by atoms with Crippen molar-refractivity contribution in [2.75, 3.05) is 11.5 Å². The van der Waals surface area contributed by atoms with Crippen LogP contribution in [0.15, 0.2) is 127 Å². The average molecular weight is 709 g/mol. The van der Waals surface area contributed by atoms with Crippen molar-refractivity contribution in [2.45, 2.75) is 36.5 Å². The number of anilines is 2. The van der Waals surface area contributed by atoms with Gasteiger partial charge in [-0.1, -0.05) is 74.5 Å². The summed E-state index contributed by atoms with van der Waals surface area (Å²) in [6.45, 7) is 3.98. The van der Waals surface area contributed by atoms with Crippen LogP contribution in [0.2, 0.25) is 0 Å². The van der Waals surface area contributed by atoms with Crippen LogP contribution in [0.4, 0.5) is 34.1 Å². The molecule has 6 aromatic rings. The van der Waals surface area contributed by atoms with E-state index in [1.165, 1.54) is 12.1 Å². The molecule has 0 unspecified atom stereocenters. The van der Waals surface area contributed by atoms with E-state index in [1.54, 1.807) is 48.5 Å². The Morgan fingerprint density at radius 2 is 0.840 bits per heavy atom. The number of nitrogens with zero attached hydrogens (tertiary/aromatic N) is 4. The van der Waals surface area contributed by atoms with Crippen molar-refractivity contribution in [3.05, 3.63) is 108 Å². The molecule has 6 aromatic carbocycles. The van der Waals surface area contributed by atoms with Crippen molar-refractivity contribution in [2.24, 2.45) is 20.5 Å². The van der Waals surface area contributed by atoms with Gasteiger partial charge in [-0.2, -0.15) is 27.1 Å². The molecule has 254 valence electrons. The Balaban J connectivity index is 1.34. The summed E-state index contributed by atoms with van der Waals surface area (Å²) < 4.78 is 67.6. The maximum atomic E-state index is 12.0. The molecule has 0 saturated heterocycles. The topological polar surface area (TPSA) is 210 Å². The van der Waals surface area contributed by atoms with Crippen molar-refractivity contribution in [1.82, 2.24) is 0 Å². The van der Waals surface area contributed by atoms with Crippen molar-refractivity contribution in [3.8, 4) is 11.1 Å². The van der Waals surface area contributed by atoms with E-state index < -0.39 is 30.0 Å². The number of hydrogen-bond acceptors (Lipinski definition) is 10. The van der Waals surface area contributed by atoms with Crippen LogP contribution in [0, 0.1) is 0 Å². The Morgan fingerprint density at radius 1 is 0.500 bits per heavy atom. The van der Waals surface area contributed by atoms with E-state index >= 15 is 0 Å². The molecular weight excluding hydrogens is 677 g/mol. The molecular formula is C36H32N6O6S2. The summed E-state index contributed by atoms with van der Waals surface area (Å²) in [5.74, 6) is 0. The molecule has 0 saturated carbocycles. The third kappa shape index (κ3) is 6.69. The molecule has 0 fully saturated rings. The average Bonchev–Trinajstić information content (AvgIpc) is 3.10. The first-order valence-corrected chi connectivity index (χ1v) is 18.3. The number of aryl methyl sites for hydroxylation is 2. The smallest absolute Gasteiger partial charge is 0.296 e. The molecule has 0 spiro atoms. The summed E-state index contributed by atoms with van der Waals surface area (Å²) in [5.41, 5.74) is 17.3. The zero-order valence-electron chi connectivity index (χ0n) is 26.9. The Hall–Kier alpha value is -5.54. The van der Waals surface area contributed by atoms with Crippen LogP contribution in [0.5, 0.6) is 0 Å². The van der Waals surface area contributed by atoms with E-state index in [9.17, 15) is 25.9 Å². The van der Waals surface area contributed by atoms with Gasteiger partial charge in [-0.05, 0) is 71.5 Å². The zero-order chi connectivity index (χ0) is 35.8. The second kappa shape index (κ2) is 13.4. The molecule has 0 aromatic heterocycles. The zero-order valence-corrected chi connectivity index (χ0v) is 28.6. The number of fused-ring (bicyclic) bond motifs is 2. The first-order chi connectivity index (χ1) is 23.8. The fourth-order valence-corrected chi connectivity index (χ4v) is 7.10. The van der Waals surface area contributed by atoms with Gasteiger partial charge in [-0.15, -0.1) is 10.2 Å². The molecule has 0 atom stereocenters. The van der Waals surface area contributed by atoms with Gasteiger partial charge >= 0.3 is 0 Å². The van der Waals surface area contributed by atoms with E-state index in [0.29, 0.717) is 45.8 Å². The van der Waals surface area contributed by atoms with Gasteiger partial charge in [0.15, 0.2) is 0 Å². The number of rotatable bonds is 9. The van der Waals surface area contributed by atoms with E-state index in [2.05, 4.69) is 20.5 Å². The van der Waals surface area contributed by atoms with Crippen LogP contribution in [-0.2, 0) is 33.1 Å². The van der Waals surface area contributed by atoms with E-state index in [-0.39, 0.29) is 22.7 Å². The SMILES string of the molecule is CCc1cc(-c2ccc(N=Nc3cc(S(=O)(=O)O)c(N)c4ccccc34)c(CC)c2)ccc1N=Nc1cc(S(=O)(=O)O)c(N)c2ccccc12. The minimum Gasteiger partial charge on any atom is -0.397 e.